The predicted octanol–water partition coefficient (Wildman–Crippen LogP) is 3.07. The molecule has 0 aromatic rings. The first-order valence-electron chi connectivity index (χ1n) is 5.46. The highest BCUT2D eigenvalue weighted by atomic mass is 16.4. The second kappa shape index (κ2) is 5.25. The van der Waals surface area contributed by atoms with Crippen LogP contribution in [0.25, 0.3) is 0 Å². The van der Waals surface area contributed by atoms with Gasteiger partial charge in [0, 0.05) is 0 Å². The van der Waals surface area contributed by atoms with Gasteiger partial charge >= 0.3 is 5.97 Å². The molecule has 0 radical (unpaired) electrons. The number of rotatable bonds is 4. The van der Waals surface area contributed by atoms with Crippen LogP contribution < -0.4 is 0 Å². The highest BCUT2D eigenvalue weighted by Crippen LogP contribution is 2.32. The van der Waals surface area contributed by atoms with E-state index in [-0.39, 0.29) is 5.92 Å². The molecule has 0 saturated heterocycles. The highest BCUT2D eigenvalue weighted by molar-refractivity contribution is 5.70. The molecule has 76 valence electrons. The van der Waals surface area contributed by atoms with Crippen LogP contribution in [0, 0.1) is 11.8 Å². The van der Waals surface area contributed by atoms with E-state index in [1.54, 1.807) is 0 Å². The molecule has 2 nitrogen and oxygen atoms in total. The molecule has 0 amide bonds. The molecule has 0 spiro atoms. The molecule has 1 N–H and O–H groups in total. The first-order chi connectivity index (χ1) is 6.24. The Morgan fingerprint density at radius 1 is 1.46 bits per heavy atom. The van der Waals surface area contributed by atoms with Gasteiger partial charge in [-0.3, -0.25) is 4.79 Å². The van der Waals surface area contributed by atoms with Crippen molar-refractivity contribution in [2.45, 2.75) is 51.9 Å². The van der Waals surface area contributed by atoms with E-state index in [0.717, 1.165) is 19.3 Å². The van der Waals surface area contributed by atoms with E-state index in [4.69, 9.17) is 5.11 Å². The molecule has 0 heterocycles. The van der Waals surface area contributed by atoms with Gasteiger partial charge in [0.05, 0.1) is 5.92 Å². The number of aliphatic carboxylic acids is 1. The zero-order valence-electron chi connectivity index (χ0n) is 8.46. The van der Waals surface area contributed by atoms with E-state index in [9.17, 15) is 4.79 Å². The maximum Gasteiger partial charge on any atom is 0.306 e. The fraction of sp³-hybridized carbons (Fsp3) is 0.909. The van der Waals surface area contributed by atoms with Gasteiger partial charge in [-0.1, -0.05) is 39.0 Å². The van der Waals surface area contributed by atoms with Crippen LogP contribution in [0.2, 0.25) is 0 Å². The lowest BCUT2D eigenvalue weighted by Crippen LogP contribution is -2.22. The Bertz CT molecular complexity index is 165. The molecule has 1 rings (SSSR count). The Balaban J connectivity index is 2.29. The maximum absolute atomic E-state index is 10.8. The van der Waals surface area contributed by atoms with Gasteiger partial charge in [-0.2, -0.15) is 0 Å². The molecule has 2 unspecified atom stereocenters. The van der Waals surface area contributed by atoms with Crippen LogP contribution in [-0.2, 0) is 4.79 Å². The molecule has 2 heteroatoms. The summed E-state index contributed by atoms with van der Waals surface area (Å²) >= 11 is 0. The summed E-state index contributed by atoms with van der Waals surface area (Å²) in [6.45, 7) is 2.19. The molecule has 1 saturated carbocycles. The molecule has 13 heavy (non-hydrogen) atoms. The van der Waals surface area contributed by atoms with E-state index in [1.807, 2.05) is 0 Å². The van der Waals surface area contributed by atoms with E-state index in [1.165, 1.54) is 25.7 Å². The SMILES string of the molecule is CCCCC1CCCC(C(=O)O)C1. The molecule has 1 aliphatic carbocycles. The first-order valence-corrected chi connectivity index (χ1v) is 5.46. The smallest absolute Gasteiger partial charge is 0.306 e. The van der Waals surface area contributed by atoms with Crippen molar-refractivity contribution in [3.05, 3.63) is 0 Å². The lowest BCUT2D eigenvalue weighted by molar-refractivity contribution is -0.143. The van der Waals surface area contributed by atoms with Gasteiger partial charge < -0.3 is 5.11 Å². The van der Waals surface area contributed by atoms with E-state index in [2.05, 4.69) is 6.92 Å². The Kier molecular flexibility index (Phi) is 4.26. The topological polar surface area (TPSA) is 37.3 Å². The monoisotopic (exact) mass is 184 g/mol. The molecular weight excluding hydrogens is 164 g/mol. The summed E-state index contributed by atoms with van der Waals surface area (Å²) in [5.41, 5.74) is 0. The second-order valence-corrected chi connectivity index (χ2v) is 4.21. The summed E-state index contributed by atoms with van der Waals surface area (Å²) in [4.78, 5) is 10.8. The maximum atomic E-state index is 10.8. The van der Waals surface area contributed by atoms with Crippen LogP contribution in [0.4, 0.5) is 0 Å². The Hall–Kier alpha value is -0.530. The molecular formula is C11H20O2. The van der Waals surface area contributed by atoms with Crippen molar-refractivity contribution >= 4 is 5.97 Å². The normalized spacial score (nSPS) is 28.7. The largest absolute Gasteiger partial charge is 0.481 e. The van der Waals surface area contributed by atoms with Crippen molar-refractivity contribution in [1.82, 2.24) is 0 Å². The Morgan fingerprint density at radius 2 is 2.23 bits per heavy atom. The molecule has 0 aliphatic heterocycles. The van der Waals surface area contributed by atoms with Crippen LogP contribution >= 0.6 is 0 Å². The minimum atomic E-state index is -0.582. The lowest BCUT2D eigenvalue weighted by atomic mass is 9.79. The predicted molar refractivity (Wildman–Crippen MR) is 52.6 cm³/mol. The number of hydrogen-bond acceptors (Lipinski definition) is 1. The van der Waals surface area contributed by atoms with Crippen LogP contribution in [-0.4, -0.2) is 11.1 Å². The summed E-state index contributed by atoms with van der Waals surface area (Å²) in [6.07, 6.45) is 7.92. The molecule has 0 aromatic heterocycles. The molecule has 1 aliphatic rings. The summed E-state index contributed by atoms with van der Waals surface area (Å²) in [6, 6.07) is 0. The van der Waals surface area contributed by atoms with Crippen molar-refractivity contribution < 1.29 is 9.90 Å². The summed E-state index contributed by atoms with van der Waals surface area (Å²) < 4.78 is 0. The van der Waals surface area contributed by atoms with Crippen LogP contribution in [0.15, 0.2) is 0 Å². The minimum Gasteiger partial charge on any atom is -0.481 e. The average Bonchev–Trinajstić information content (AvgIpc) is 2.15. The quantitative estimate of drug-likeness (QED) is 0.729. The zero-order valence-corrected chi connectivity index (χ0v) is 8.46. The second-order valence-electron chi connectivity index (χ2n) is 4.21. The van der Waals surface area contributed by atoms with E-state index >= 15 is 0 Å². The fourth-order valence-electron chi connectivity index (χ4n) is 2.27. The van der Waals surface area contributed by atoms with Gasteiger partial charge in [0.15, 0.2) is 0 Å². The molecule has 2 atom stereocenters. The Labute approximate surface area is 80.3 Å². The summed E-state index contributed by atoms with van der Waals surface area (Å²) in [5, 5.41) is 8.88. The van der Waals surface area contributed by atoms with E-state index < -0.39 is 5.97 Å². The van der Waals surface area contributed by atoms with Gasteiger partial charge in [0.2, 0.25) is 0 Å². The molecule has 0 bridgehead atoms. The summed E-state index contributed by atoms with van der Waals surface area (Å²) in [7, 11) is 0. The molecule has 1 fully saturated rings. The van der Waals surface area contributed by atoms with Crippen molar-refractivity contribution in [3.63, 3.8) is 0 Å². The van der Waals surface area contributed by atoms with Crippen LogP contribution in [0.5, 0.6) is 0 Å². The fourth-order valence-corrected chi connectivity index (χ4v) is 2.27. The van der Waals surface area contributed by atoms with Crippen LogP contribution in [0.1, 0.15) is 51.9 Å². The Morgan fingerprint density at radius 3 is 2.85 bits per heavy atom. The van der Waals surface area contributed by atoms with Gasteiger partial charge in [-0.25, -0.2) is 0 Å². The van der Waals surface area contributed by atoms with Gasteiger partial charge in [-0.05, 0) is 18.8 Å². The number of carboxylic acids is 1. The van der Waals surface area contributed by atoms with Gasteiger partial charge in [0.1, 0.15) is 0 Å². The highest BCUT2D eigenvalue weighted by Gasteiger charge is 2.26. The summed E-state index contributed by atoms with van der Waals surface area (Å²) in [5.74, 6) is 0.0617. The van der Waals surface area contributed by atoms with Gasteiger partial charge in [-0.15, -0.1) is 0 Å². The third-order valence-electron chi connectivity index (χ3n) is 3.10. The minimum absolute atomic E-state index is 0.0457. The third kappa shape index (κ3) is 3.37. The van der Waals surface area contributed by atoms with Crippen molar-refractivity contribution in [2.24, 2.45) is 11.8 Å². The van der Waals surface area contributed by atoms with Crippen LogP contribution in [0.3, 0.4) is 0 Å². The average molecular weight is 184 g/mol. The number of carbonyl (C=O) groups is 1. The number of hydrogen-bond donors (Lipinski definition) is 1. The third-order valence-corrected chi connectivity index (χ3v) is 3.10. The van der Waals surface area contributed by atoms with Crippen molar-refractivity contribution in [3.8, 4) is 0 Å². The van der Waals surface area contributed by atoms with Gasteiger partial charge in [0.25, 0.3) is 0 Å². The lowest BCUT2D eigenvalue weighted by Gasteiger charge is -2.26. The zero-order chi connectivity index (χ0) is 9.68. The van der Waals surface area contributed by atoms with Crippen molar-refractivity contribution in [1.29, 1.82) is 0 Å². The molecule has 0 aromatic carbocycles. The number of carboxylic acid groups (broad SMARTS) is 1. The van der Waals surface area contributed by atoms with E-state index in [0.29, 0.717) is 5.92 Å². The standard InChI is InChI=1S/C11H20O2/c1-2-3-5-9-6-4-7-10(8-9)11(12)13/h9-10H,2-8H2,1H3,(H,12,13). The first kappa shape index (κ1) is 10.6. The van der Waals surface area contributed by atoms with Crippen molar-refractivity contribution in [2.75, 3.05) is 0 Å². The number of unbranched alkanes of at least 4 members (excludes halogenated alkanes) is 1.